The molecule has 0 bridgehead atoms. The van der Waals surface area contributed by atoms with Crippen molar-refractivity contribution in [3.05, 3.63) is 0 Å². The maximum absolute atomic E-state index is 11.5. The maximum atomic E-state index is 11.5. The van der Waals surface area contributed by atoms with Crippen molar-refractivity contribution < 1.29 is 24.0 Å². The van der Waals surface area contributed by atoms with Gasteiger partial charge in [-0.25, -0.2) is 9.78 Å². The second kappa shape index (κ2) is 13.0. The number of rotatable bonds is 12. The molecule has 124 valence electrons. The van der Waals surface area contributed by atoms with E-state index in [9.17, 15) is 4.79 Å². The van der Waals surface area contributed by atoms with Crippen LogP contribution in [0.1, 0.15) is 71.1 Å². The normalized spacial score (nSPS) is 18.6. The predicted molar refractivity (Wildman–Crippen MR) is 79.6 cm³/mol. The van der Waals surface area contributed by atoms with Crippen molar-refractivity contribution in [2.24, 2.45) is 0 Å². The summed E-state index contributed by atoms with van der Waals surface area (Å²) in [5.41, 5.74) is 0. The Morgan fingerprint density at radius 1 is 1.00 bits per heavy atom. The molecular formula is C16H30O5. The van der Waals surface area contributed by atoms with Crippen molar-refractivity contribution in [1.29, 1.82) is 0 Å². The second-order valence-corrected chi connectivity index (χ2v) is 5.57. The molecule has 0 aromatic carbocycles. The number of carbonyl (C=O) groups is 1. The molecule has 1 heterocycles. The van der Waals surface area contributed by atoms with Crippen LogP contribution < -0.4 is 0 Å². The summed E-state index contributed by atoms with van der Waals surface area (Å²) < 4.78 is 10.4. The highest BCUT2D eigenvalue weighted by Gasteiger charge is 2.17. The third-order valence-corrected chi connectivity index (χ3v) is 3.60. The van der Waals surface area contributed by atoms with E-state index < -0.39 is 0 Å². The van der Waals surface area contributed by atoms with Gasteiger partial charge >= 0.3 is 5.97 Å². The van der Waals surface area contributed by atoms with E-state index in [-0.39, 0.29) is 25.5 Å². The third kappa shape index (κ3) is 10.7. The number of esters is 1. The predicted octanol–water partition coefficient (Wildman–Crippen LogP) is 3.76. The summed E-state index contributed by atoms with van der Waals surface area (Å²) in [6, 6.07) is 0. The van der Waals surface area contributed by atoms with Crippen molar-refractivity contribution in [2.75, 3.05) is 20.0 Å². The Morgan fingerprint density at radius 2 is 1.67 bits per heavy atom. The molecule has 1 aliphatic heterocycles. The summed E-state index contributed by atoms with van der Waals surface area (Å²) in [5, 5.41) is 0. The molecule has 5 heteroatoms. The molecule has 0 aromatic heterocycles. The average molecular weight is 302 g/mol. The minimum absolute atomic E-state index is 0.0977. The van der Waals surface area contributed by atoms with E-state index in [4.69, 9.17) is 14.4 Å². The van der Waals surface area contributed by atoms with Gasteiger partial charge in [-0.1, -0.05) is 58.3 Å². The topological polar surface area (TPSA) is 54.0 Å². The second-order valence-electron chi connectivity index (χ2n) is 5.57. The molecule has 0 N–H and O–H groups in total. The molecule has 1 unspecified atom stereocenters. The SMILES string of the molecule is CCCCCCCCCCCC(=O)OCC1COOCO1. The molecule has 0 spiro atoms. The van der Waals surface area contributed by atoms with Gasteiger partial charge in [0, 0.05) is 6.42 Å². The zero-order chi connectivity index (χ0) is 15.2. The van der Waals surface area contributed by atoms with Gasteiger partial charge < -0.3 is 9.47 Å². The van der Waals surface area contributed by atoms with E-state index in [1.807, 2.05) is 0 Å². The molecule has 1 atom stereocenters. The molecule has 5 nitrogen and oxygen atoms in total. The lowest BCUT2D eigenvalue weighted by Gasteiger charge is -2.21. The number of hydrogen-bond acceptors (Lipinski definition) is 5. The summed E-state index contributed by atoms with van der Waals surface area (Å²) in [4.78, 5) is 20.9. The van der Waals surface area contributed by atoms with Gasteiger partial charge in [0.15, 0.2) is 6.79 Å². The standard InChI is InChI=1S/C16H30O5/c1-2-3-4-5-6-7-8-9-10-11-16(17)18-12-15-13-20-21-14-19-15/h15H,2-14H2,1H3. The number of ether oxygens (including phenoxy) is 2. The van der Waals surface area contributed by atoms with Crippen LogP contribution in [0.5, 0.6) is 0 Å². The maximum Gasteiger partial charge on any atom is 0.305 e. The Balaban J connectivity index is 1.82. The monoisotopic (exact) mass is 302 g/mol. The average Bonchev–Trinajstić information content (AvgIpc) is 2.52. The lowest BCUT2D eigenvalue weighted by atomic mass is 10.1. The number of unbranched alkanes of at least 4 members (excludes halogenated alkanes) is 8. The summed E-state index contributed by atoms with van der Waals surface area (Å²) >= 11 is 0. The van der Waals surface area contributed by atoms with Gasteiger partial charge in [-0.15, -0.1) is 0 Å². The first kappa shape index (κ1) is 18.4. The van der Waals surface area contributed by atoms with Crippen molar-refractivity contribution in [1.82, 2.24) is 0 Å². The van der Waals surface area contributed by atoms with Crippen molar-refractivity contribution >= 4 is 5.97 Å². The number of carbonyl (C=O) groups excluding carboxylic acids is 1. The van der Waals surface area contributed by atoms with Gasteiger partial charge in [-0.2, -0.15) is 0 Å². The summed E-state index contributed by atoms with van der Waals surface area (Å²) in [7, 11) is 0. The van der Waals surface area contributed by atoms with Crippen molar-refractivity contribution in [2.45, 2.75) is 77.2 Å². The Kier molecular flexibility index (Phi) is 11.4. The van der Waals surface area contributed by atoms with E-state index in [2.05, 4.69) is 11.8 Å². The molecule has 0 amide bonds. The van der Waals surface area contributed by atoms with Gasteiger partial charge in [-0.3, -0.25) is 4.79 Å². The summed E-state index contributed by atoms with van der Waals surface area (Å²) in [6.45, 7) is 2.89. The van der Waals surface area contributed by atoms with E-state index in [0.29, 0.717) is 13.0 Å². The molecule has 0 aromatic rings. The van der Waals surface area contributed by atoms with Crippen molar-refractivity contribution in [3.8, 4) is 0 Å². The Hall–Kier alpha value is -0.650. The highest BCUT2D eigenvalue weighted by Crippen LogP contribution is 2.11. The van der Waals surface area contributed by atoms with Gasteiger partial charge in [-0.05, 0) is 6.42 Å². The quantitative estimate of drug-likeness (QED) is 0.312. The highest BCUT2D eigenvalue weighted by molar-refractivity contribution is 5.69. The highest BCUT2D eigenvalue weighted by atomic mass is 17.2. The zero-order valence-electron chi connectivity index (χ0n) is 13.3. The Bertz CT molecular complexity index is 251. The first-order valence-electron chi connectivity index (χ1n) is 8.34. The van der Waals surface area contributed by atoms with Gasteiger partial charge in [0.1, 0.15) is 19.3 Å². The van der Waals surface area contributed by atoms with E-state index >= 15 is 0 Å². The smallest absolute Gasteiger partial charge is 0.305 e. The minimum Gasteiger partial charge on any atom is -0.463 e. The van der Waals surface area contributed by atoms with E-state index in [0.717, 1.165) is 12.8 Å². The van der Waals surface area contributed by atoms with Gasteiger partial charge in [0.05, 0.1) is 0 Å². The fourth-order valence-corrected chi connectivity index (χ4v) is 2.26. The van der Waals surface area contributed by atoms with Crippen LogP contribution >= 0.6 is 0 Å². The molecule has 1 saturated heterocycles. The lowest BCUT2D eigenvalue weighted by molar-refractivity contribution is -0.392. The summed E-state index contributed by atoms with van der Waals surface area (Å²) in [6.07, 6.45) is 11.5. The fourth-order valence-electron chi connectivity index (χ4n) is 2.26. The van der Waals surface area contributed by atoms with E-state index in [1.165, 1.54) is 44.9 Å². The van der Waals surface area contributed by atoms with Crippen LogP contribution in [-0.2, 0) is 24.0 Å². The molecule has 1 fully saturated rings. The van der Waals surface area contributed by atoms with Crippen molar-refractivity contribution in [3.63, 3.8) is 0 Å². The van der Waals surface area contributed by atoms with Crippen LogP contribution in [0.25, 0.3) is 0 Å². The largest absolute Gasteiger partial charge is 0.463 e. The fraction of sp³-hybridized carbons (Fsp3) is 0.938. The minimum atomic E-state index is -0.203. The van der Waals surface area contributed by atoms with E-state index in [1.54, 1.807) is 0 Å². The number of hydrogen-bond donors (Lipinski definition) is 0. The first-order chi connectivity index (χ1) is 10.3. The molecule has 0 saturated carbocycles. The molecule has 0 aliphatic carbocycles. The molecule has 0 radical (unpaired) electrons. The third-order valence-electron chi connectivity index (χ3n) is 3.60. The first-order valence-corrected chi connectivity index (χ1v) is 8.34. The van der Waals surface area contributed by atoms with Gasteiger partial charge in [0.25, 0.3) is 0 Å². The van der Waals surface area contributed by atoms with Crippen LogP contribution in [0.3, 0.4) is 0 Å². The molecule has 21 heavy (non-hydrogen) atoms. The molecular weight excluding hydrogens is 272 g/mol. The molecule has 1 rings (SSSR count). The van der Waals surface area contributed by atoms with Crippen LogP contribution in [0, 0.1) is 0 Å². The summed E-state index contributed by atoms with van der Waals surface area (Å²) in [5.74, 6) is -0.145. The Morgan fingerprint density at radius 3 is 2.29 bits per heavy atom. The van der Waals surface area contributed by atoms with Crippen LogP contribution in [0.2, 0.25) is 0 Å². The van der Waals surface area contributed by atoms with Crippen LogP contribution in [0.4, 0.5) is 0 Å². The van der Waals surface area contributed by atoms with Crippen LogP contribution in [-0.4, -0.2) is 32.1 Å². The zero-order valence-corrected chi connectivity index (χ0v) is 13.3. The van der Waals surface area contributed by atoms with Gasteiger partial charge in [0.2, 0.25) is 0 Å². The van der Waals surface area contributed by atoms with Crippen LogP contribution in [0.15, 0.2) is 0 Å². The Labute approximate surface area is 128 Å². The molecule has 1 aliphatic rings. The lowest BCUT2D eigenvalue weighted by Crippen LogP contribution is -2.32.